The maximum absolute atomic E-state index is 14.5. The Balaban J connectivity index is 1.81. The van der Waals surface area contributed by atoms with Crippen molar-refractivity contribution in [3.8, 4) is 0 Å². The van der Waals surface area contributed by atoms with Crippen LogP contribution in [0.5, 0.6) is 0 Å². The van der Waals surface area contributed by atoms with E-state index in [2.05, 4.69) is 42.5 Å². The van der Waals surface area contributed by atoms with E-state index in [0.717, 1.165) is 0 Å². The van der Waals surface area contributed by atoms with Crippen LogP contribution in [0.15, 0.2) is 0 Å². The van der Waals surface area contributed by atoms with Gasteiger partial charge in [-0.05, 0) is 55.4 Å². The Morgan fingerprint density at radius 3 is 0.431 bits per heavy atom. The third-order valence-corrected chi connectivity index (χ3v) is 24.1. The zero-order chi connectivity index (χ0) is 102. The summed E-state index contributed by atoms with van der Waals surface area (Å²) in [6.07, 6.45) is 0. The summed E-state index contributed by atoms with van der Waals surface area (Å²) in [7, 11) is 0. The van der Waals surface area contributed by atoms with Gasteiger partial charge in [-0.3, -0.25) is 136 Å². The molecule has 137 heavy (non-hydrogen) atoms. The van der Waals surface area contributed by atoms with Crippen molar-refractivity contribution in [2.45, 2.75) is 79.6 Å². The average Bonchev–Trinajstić information content (AvgIpc) is 0.831. The van der Waals surface area contributed by atoms with E-state index in [0.29, 0.717) is 0 Å². The van der Waals surface area contributed by atoms with Gasteiger partial charge in [-0.2, -0.15) is 0 Å². The lowest BCUT2D eigenvalue weighted by atomic mass is 9.86. The molecule has 0 spiro atoms. The van der Waals surface area contributed by atoms with E-state index in [1.54, 1.807) is 39.2 Å². The van der Waals surface area contributed by atoms with E-state index >= 15 is 0 Å². The van der Waals surface area contributed by atoms with Crippen molar-refractivity contribution >= 4 is 118 Å². The predicted molar refractivity (Wildman–Crippen MR) is 471 cm³/mol. The lowest BCUT2D eigenvalue weighted by molar-refractivity contribution is -0.307. The minimum absolute atomic E-state index is 0.00343. The summed E-state index contributed by atoms with van der Waals surface area (Å²) in [5.74, 6) is -19.0. The minimum atomic E-state index is -1.87. The van der Waals surface area contributed by atoms with Crippen molar-refractivity contribution in [1.82, 2.24) is 121 Å². The molecule has 0 aliphatic carbocycles. The lowest BCUT2D eigenvalue weighted by Gasteiger charge is -2.36. The summed E-state index contributed by atoms with van der Waals surface area (Å²) >= 11 is 0. The van der Waals surface area contributed by atoms with Crippen LogP contribution < -0.4 is 83.4 Å². The molecule has 4 heterocycles. The largest absolute Gasteiger partial charge is 0.549 e. The first-order chi connectivity index (χ1) is 64.6. The number of hydrogen-bond acceptors (Lipinski definition) is 44. The second kappa shape index (κ2) is 63.2. The van der Waals surface area contributed by atoms with Gasteiger partial charge in [0.25, 0.3) is 0 Å². The molecule has 0 saturated carbocycles. The molecule has 4 fully saturated rings. The second-order valence-electron chi connectivity index (χ2n) is 35.4. The number of hydrogen-bond donors (Lipinski definition) is 8. The van der Waals surface area contributed by atoms with Gasteiger partial charge >= 0.3 is 0 Å². The number of aliphatic carboxylic acids is 8. The average molecular weight is 1950 g/mol. The molecule has 4 aliphatic heterocycles. The predicted octanol–water partition coefficient (Wildman–Crippen LogP) is -22.3. The number of nitrogens with zero attached hydrogens (tertiary/aromatic N) is 16. The van der Waals surface area contributed by atoms with Crippen molar-refractivity contribution in [1.29, 1.82) is 0 Å². The number of amides is 8. The van der Waals surface area contributed by atoms with Crippen LogP contribution in [0.4, 0.5) is 0 Å². The highest BCUT2D eigenvalue weighted by Gasteiger charge is 2.37. The number of carbonyl (C=O) groups excluding carboxylic acids is 20. The van der Waals surface area contributed by atoms with Crippen LogP contribution in [0.3, 0.4) is 0 Å². The molecule has 4 atom stereocenters. The van der Waals surface area contributed by atoms with E-state index < -0.39 is 229 Å². The SMILES string of the molecule is CC(=O)CN1CCN(CC(=O)[O-])CCN(C(C)C(=O)NCC(=O)NCC(CNC(=O)CNC(=O)C(C)N2CCN(CC(=O)[O-])CCN(CC(C)=O)CCN(CC(=O)[O-])CC2)(CNC(=O)CNC(=O)C(C)N2CCN(CC(=O)[O-])CCN(CC(C)=O)CCN(CC(=O)[O-])CC2)CNC(=O)CNC(=O)C(C)N2CCN(CC(=O)[O-])CCN(CC(C)=O)CCN(CC(=O)[O-])CC2)CCN(CC(=O)[O-])CC1. The van der Waals surface area contributed by atoms with Crippen molar-refractivity contribution in [3.05, 3.63) is 0 Å². The molecule has 4 saturated heterocycles. The molecule has 52 heteroatoms. The van der Waals surface area contributed by atoms with Gasteiger partial charge in [0, 0.05) is 293 Å². The van der Waals surface area contributed by atoms with E-state index in [9.17, 15) is 137 Å². The lowest BCUT2D eigenvalue weighted by Crippen LogP contribution is -2.59. The van der Waals surface area contributed by atoms with Gasteiger partial charge in [-0.1, -0.05) is 0 Å². The van der Waals surface area contributed by atoms with Gasteiger partial charge < -0.3 is 122 Å². The molecule has 0 aromatic rings. The smallest absolute Gasteiger partial charge is 0.239 e. The molecule has 52 nitrogen and oxygen atoms in total. The molecule has 0 aromatic heterocycles. The van der Waals surface area contributed by atoms with Crippen LogP contribution in [-0.2, 0) is 95.9 Å². The fraction of sp³-hybridized carbons (Fsp3) is 0.765. The molecule has 0 bridgehead atoms. The van der Waals surface area contributed by atoms with Gasteiger partial charge in [0.1, 0.15) is 23.1 Å². The van der Waals surface area contributed by atoms with E-state index in [1.165, 1.54) is 94.6 Å². The standard InChI is InChI=1S/C85H148N24O28/c1-61(110)45-94-9-17-98(49-73(118)119)25-33-106(34-26-99(18-10-94)50-74(120)121)65(5)81(134)86-41-69(114)90-57-85(58-91-70(115)42-87-82(135)66(6)107-35-27-100(51-75(122)123)19-11-95(46-62(2)111)12-20-101(28-36-107)52-76(124)125,59-92-71(116)43-88-83(136)67(7)108-37-29-102(53-77(126)127)21-13-96(47-63(3)112)14-22-103(30-38-108)54-78(128)129)60-93-72(117)44-89-84(137)68(8)109-39-31-104(55-79(130)131)23-15-97(48-64(4)113)16-24-105(32-40-109)56-80(132)133/h65-68H,9-60H2,1-8H3,(H,86,134)(H,87,135)(H,88,136)(H,89,137)(H,90,114)(H,91,115)(H,92,116)(H,93,117)(H,118,119)(H,120,121)(H,122,123)(H,124,125)(H,126,127)(H,128,129)(H,130,131)(H,132,133)/p-8. The summed E-state index contributed by atoms with van der Waals surface area (Å²) in [6.45, 7) is 3.58. The Labute approximate surface area is 798 Å². The first kappa shape index (κ1) is 119. The number of ketones is 4. The molecule has 0 radical (unpaired) electrons. The van der Waals surface area contributed by atoms with Crippen LogP contribution in [0.1, 0.15) is 55.4 Å². The Morgan fingerprint density at radius 2 is 0.314 bits per heavy atom. The first-order valence-electron chi connectivity index (χ1n) is 46.0. The monoisotopic (exact) mass is 1950 g/mol. The van der Waals surface area contributed by atoms with E-state index in [-0.39, 0.29) is 259 Å². The Kier molecular flexibility index (Phi) is 54.8. The van der Waals surface area contributed by atoms with Crippen LogP contribution in [0.2, 0.25) is 0 Å². The molecule has 4 rings (SSSR count). The molecule has 8 amide bonds. The zero-order valence-corrected chi connectivity index (χ0v) is 80.2. The fourth-order valence-electron chi connectivity index (χ4n) is 16.1. The molecule has 4 unspecified atom stereocenters. The summed E-state index contributed by atoms with van der Waals surface area (Å²) in [5.41, 5.74) is -1.87. The highest BCUT2D eigenvalue weighted by Crippen LogP contribution is 2.16. The molecule has 4 aliphatic rings. The van der Waals surface area contributed by atoms with E-state index in [1.807, 2.05) is 0 Å². The molecular weight excluding hydrogens is 1810 g/mol. The summed E-state index contributed by atoms with van der Waals surface area (Å²) in [6, 6.07) is -4.50. The van der Waals surface area contributed by atoms with Crippen LogP contribution in [0.25, 0.3) is 0 Å². The molecule has 0 aromatic carbocycles. The normalized spacial score (nSPS) is 19.6. The van der Waals surface area contributed by atoms with E-state index in [4.69, 9.17) is 0 Å². The van der Waals surface area contributed by atoms with Crippen molar-refractivity contribution in [3.63, 3.8) is 0 Å². The quantitative estimate of drug-likeness (QED) is 0.0280. The number of carboxylic acid groups (broad SMARTS) is 8. The number of Topliss-reactive ketones (excluding diaryl/α,β-unsaturated/α-hetero) is 4. The topological polar surface area (TPSA) is 674 Å². The highest BCUT2D eigenvalue weighted by molar-refractivity contribution is 5.90. The number of rotatable bonds is 48. The van der Waals surface area contributed by atoms with Gasteiger partial charge in [0.2, 0.25) is 47.3 Å². The van der Waals surface area contributed by atoms with Crippen LogP contribution in [0, 0.1) is 5.41 Å². The van der Waals surface area contributed by atoms with Crippen molar-refractivity contribution in [2.75, 3.05) is 340 Å². The van der Waals surface area contributed by atoms with Crippen molar-refractivity contribution < 1.29 is 137 Å². The van der Waals surface area contributed by atoms with Gasteiger partial charge in [0.15, 0.2) is 0 Å². The zero-order valence-electron chi connectivity index (χ0n) is 80.2. The Morgan fingerprint density at radius 1 is 0.197 bits per heavy atom. The third kappa shape index (κ3) is 51.2. The Hall–Kier alpha value is -10.4. The highest BCUT2D eigenvalue weighted by atomic mass is 16.4. The third-order valence-electron chi connectivity index (χ3n) is 24.1. The minimum Gasteiger partial charge on any atom is -0.549 e. The number of nitrogens with one attached hydrogen (secondary N) is 8. The molecule has 776 valence electrons. The van der Waals surface area contributed by atoms with Gasteiger partial charge in [0.05, 0.1) is 124 Å². The number of carbonyl (C=O) groups is 20. The van der Waals surface area contributed by atoms with Gasteiger partial charge in [-0.15, -0.1) is 0 Å². The van der Waals surface area contributed by atoms with Crippen LogP contribution in [-0.4, -0.2) is 561 Å². The summed E-state index contributed by atoms with van der Waals surface area (Å²) in [4.78, 5) is 286. The molecule has 8 N–H and O–H groups in total. The Bertz CT molecular complexity index is 3390. The fourth-order valence-corrected chi connectivity index (χ4v) is 16.1. The van der Waals surface area contributed by atoms with Crippen molar-refractivity contribution in [2.24, 2.45) is 5.41 Å². The van der Waals surface area contributed by atoms with Gasteiger partial charge in [-0.25, -0.2) is 0 Å². The maximum Gasteiger partial charge on any atom is 0.239 e. The number of carboxylic acids is 8. The maximum atomic E-state index is 14.5. The second-order valence-corrected chi connectivity index (χ2v) is 35.4. The summed E-state index contributed by atoms with van der Waals surface area (Å²) < 4.78 is 0. The van der Waals surface area contributed by atoms with Crippen LogP contribution >= 0.6 is 0 Å². The first-order valence-corrected chi connectivity index (χ1v) is 46.0. The summed E-state index contributed by atoms with van der Waals surface area (Å²) in [5, 5.41) is 117. The molecular formula is C85H140N24O28-8.